The van der Waals surface area contributed by atoms with Crippen LogP contribution in [0.3, 0.4) is 0 Å². The van der Waals surface area contributed by atoms with E-state index in [0.29, 0.717) is 24.3 Å². The second-order valence-electron chi connectivity index (χ2n) is 5.73. The summed E-state index contributed by atoms with van der Waals surface area (Å²) < 4.78 is 5.31. The Kier molecular flexibility index (Phi) is 3.39. The maximum absolute atomic E-state index is 12.0. The highest BCUT2D eigenvalue weighted by Gasteiger charge is 2.27. The average molecular weight is 263 g/mol. The highest BCUT2D eigenvalue weighted by atomic mass is 16.6. The first kappa shape index (κ1) is 13.6. The largest absolute Gasteiger partial charge is 0.444 e. The molecule has 0 atom stereocenters. The van der Waals surface area contributed by atoms with Gasteiger partial charge in [-0.15, -0.1) is 0 Å². The zero-order valence-electron chi connectivity index (χ0n) is 11.7. The van der Waals surface area contributed by atoms with Gasteiger partial charge in [-0.25, -0.2) is 4.79 Å². The molecule has 1 aromatic heterocycles. The molecule has 0 radical (unpaired) electrons. The number of amides is 1. The summed E-state index contributed by atoms with van der Waals surface area (Å²) in [5.41, 5.74) is 1.24. The molecule has 6 nitrogen and oxygen atoms in total. The van der Waals surface area contributed by atoms with Crippen LogP contribution in [-0.4, -0.2) is 41.0 Å². The molecule has 2 heterocycles. The summed E-state index contributed by atoms with van der Waals surface area (Å²) in [5.74, 6) is 0. The van der Waals surface area contributed by atoms with Crippen LogP contribution in [-0.2, 0) is 17.7 Å². The fourth-order valence-electron chi connectivity index (χ4n) is 2.03. The molecule has 1 N–H and O–H groups in total. The van der Waals surface area contributed by atoms with Gasteiger partial charge in [-0.1, -0.05) is 0 Å². The molecular weight excluding hydrogens is 245 g/mol. The molecule has 0 spiro atoms. The molecule has 19 heavy (non-hydrogen) atoms. The van der Waals surface area contributed by atoms with Gasteiger partial charge in [0, 0.05) is 13.0 Å². The lowest BCUT2D eigenvalue weighted by Crippen LogP contribution is -2.43. The molecule has 0 unspecified atom stereocenters. The van der Waals surface area contributed by atoms with Crippen molar-refractivity contribution < 1.29 is 9.53 Å². The zero-order chi connectivity index (χ0) is 14.2. The number of H-pyrrole nitrogens is 1. The van der Waals surface area contributed by atoms with E-state index in [2.05, 4.69) is 9.97 Å². The molecule has 7 heteroatoms. The van der Waals surface area contributed by atoms with Crippen LogP contribution in [0.1, 0.15) is 32.0 Å². The van der Waals surface area contributed by atoms with Crippen LogP contribution in [0, 0.1) is 0 Å². The highest BCUT2D eigenvalue weighted by molar-refractivity contribution is 6.28. The van der Waals surface area contributed by atoms with E-state index in [1.165, 1.54) is 0 Å². The number of nitrogens with one attached hydrogen (secondary N) is 1. The third-order valence-corrected chi connectivity index (χ3v) is 2.84. The lowest BCUT2D eigenvalue weighted by molar-refractivity contribution is 0.0222. The Balaban J connectivity index is 2.19. The number of fused-ring (bicyclic) bond motifs is 1. The lowest BCUT2D eigenvalue weighted by atomic mass is 10.0. The Hall–Kier alpha value is -1.79. The average Bonchev–Trinajstić information content (AvgIpc) is 2.25. The first-order valence-corrected chi connectivity index (χ1v) is 6.33. The Morgan fingerprint density at radius 2 is 2.16 bits per heavy atom. The van der Waals surface area contributed by atoms with Crippen molar-refractivity contribution in [3.8, 4) is 0 Å². The number of aromatic amines is 1. The first-order chi connectivity index (χ1) is 8.76. The quantitative estimate of drug-likeness (QED) is 0.629. The van der Waals surface area contributed by atoms with E-state index >= 15 is 0 Å². The van der Waals surface area contributed by atoms with Crippen LogP contribution >= 0.6 is 0 Å². The van der Waals surface area contributed by atoms with E-state index in [1.54, 1.807) is 12.7 Å². The molecule has 0 fully saturated rings. The number of carbonyl (C=O) groups excluding carboxylic acids is 1. The van der Waals surface area contributed by atoms with E-state index in [4.69, 9.17) is 4.74 Å². The molecule has 1 aliphatic heterocycles. The zero-order valence-corrected chi connectivity index (χ0v) is 11.7. The molecule has 1 aromatic rings. The van der Waals surface area contributed by atoms with Gasteiger partial charge >= 0.3 is 6.09 Å². The van der Waals surface area contributed by atoms with Gasteiger partial charge < -0.3 is 14.6 Å². The number of ether oxygens (including phenoxy) is 1. The van der Waals surface area contributed by atoms with Crippen molar-refractivity contribution in [2.75, 3.05) is 6.54 Å². The third-order valence-electron chi connectivity index (χ3n) is 2.84. The summed E-state index contributed by atoms with van der Waals surface area (Å²) in [7, 11) is 1.75. The maximum Gasteiger partial charge on any atom is 0.410 e. The number of hydrogen-bond donors (Lipinski definition) is 1. The number of aromatic nitrogens is 2. The smallest absolute Gasteiger partial charge is 0.410 e. The fourth-order valence-corrected chi connectivity index (χ4v) is 2.03. The van der Waals surface area contributed by atoms with E-state index in [-0.39, 0.29) is 12.1 Å². The van der Waals surface area contributed by atoms with Crippen molar-refractivity contribution in [3.05, 3.63) is 21.6 Å². The second kappa shape index (κ2) is 4.72. The number of nitrogens with zero attached hydrogens (tertiary/aromatic N) is 2. The molecule has 0 bridgehead atoms. The number of carbonyl (C=O) groups is 1. The van der Waals surface area contributed by atoms with Crippen LogP contribution in [0.2, 0.25) is 0 Å². The SMILES string of the molecule is Bc1nc2c(c(=O)[nH]1)CN(C(=O)OC(C)(C)C)CC2. The molecule has 0 aromatic carbocycles. The summed E-state index contributed by atoms with van der Waals surface area (Å²) in [4.78, 5) is 32.3. The number of rotatable bonds is 0. The molecule has 0 aliphatic carbocycles. The Morgan fingerprint density at radius 1 is 1.47 bits per heavy atom. The predicted molar refractivity (Wildman–Crippen MR) is 73.4 cm³/mol. The van der Waals surface area contributed by atoms with E-state index in [0.717, 1.165) is 5.69 Å². The minimum absolute atomic E-state index is 0.171. The lowest BCUT2D eigenvalue weighted by Gasteiger charge is -2.30. The first-order valence-electron chi connectivity index (χ1n) is 6.33. The Labute approximate surface area is 112 Å². The van der Waals surface area contributed by atoms with Gasteiger partial charge in [-0.05, 0) is 20.8 Å². The minimum Gasteiger partial charge on any atom is -0.444 e. The molecule has 0 saturated heterocycles. The van der Waals surface area contributed by atoms with Crippen molar-refractivity contribution in [2.24, 2.45) is 0 Å². The van der Waals surface area contributed by atoms with E-state index in [1.807, 2.05) is 20.8 Å². The summed E-state index contributed by atoms with van der Waals surface area (Å²) in [6.07, 6.45) is 0.192. The molecular formula is C12H18BN3O3. The molecule has 1 amide bonds. The molecule has 0 saturated carbocycles. The van der Waals surface area contributed by atoms with Gasteiger partial charge in [0.05, 0.1) is 23.5 Å². The fraction of sp³-hybridized carbons (Fsp3) is 0.583. The molecule has 2 rings (SSSR count). The normalized spacial score (nSPS) is 15.0. The molecule has 1 aliphatic rings. The van der Waals surface area contributed by atoms with Gasteiger partial charge in [-0.2, -0.15) is 0 Å². The minimum atomic E-state index is -0.532. The predicted octanol–water partition coefficient (Wildman–Crippen LogP) is -0.678. The van der Waals surface area contributed by atoms with Gasteiger partial charge in [0.15, 0.2) is 7.85 Å². The topological polar surface area (TPSA) is 75.3 Å². The Morgan fingerprint density at radius 3 is 2.79 bits per heavy atom. The van der Waals surface area contributed by atoms with Gasteiger partial charge in [0.2, 0.25) is 0 Å². The van der Waals surface area contributed by atoms with Crippen molar-refractivity contribution in [2.45, 2.75) is 39.3 Å². The van der Waals surface area contributed by atoms with Gasteiger partial charge in [-0.3, -0.25) is 9.78 Å². The summed E-state index contributed by atoms with van der Waals surface area (Å²) >= 11 is 0. The van der Waals surface area contributed by atoms with Crippen LogP contribution in [0.15, 0.2) is 4.79 Å². The van der Waals surface area contributed by atoms with Crippen LogP contribution in [0.4, 0.5) is 4.79 Å². The van der Waals surface area contributed by atoms with Crippen LogP contribution in [0.5, 0.6) is 0 Å². The Bertz CT molecular complexity index is 562. The highest BCUT2D eigenvalue weighted by Crippen LogP contribution is 2.16. The van der Waals surface area contributed by atoms with Crippen molar-refractivity contribution in [1.29, 1.82) is 0 Å². The third kappa shape index (κ3) is 3.16. The monoisotopic (exact) mass is 263 g/mol. The maximum atomic E-state index is 12.0. The van der Waals surface area contributed by atoms with Crippen molar-refractivity contribution >= 4 is 19.7 Å². The van der Waals surface area contributed by atoms with Crippen molar-refractivity contribution in [3.63, 3.8) is 0 Å². The summed E-state index contributed by atoms with van der Waals surface area (Å²) in [6.45, 7) is 6.24. The second-order valence-corrected chi connectivity index (χ2v) is 5.73. The van der Waals surface area contributed by atoms with Gasteiger partial charge in [0.1, 0.15) is 5.60 Å². The van der Waals surface area contributed by atoms with Crippen LogP contribution in [0.25, 0.3) is 0 Å². The van der Waals surface area contributed by atoms with Crippen molar-refractivity contribution in [1.82, 2.24) is 14.9 Å². The number of hydrogen-bond acceptors (Lipinski definition) is 4. The van der Waals surface area contributed by atoms with E-state index < -0.39 is 11.7 Å². The standard InChI is InChI=1S/C12H18BN3O3/c1-12(2,3)19-11(18)16-5-4-8-7(6-16)9(17)15-10(13)14-8/h4-6,13H2,1-3H3,(H,14,15,17). The van der Waals surface area contributed by atoms with E-state index in [9.17, 15) is 9.59 Å². The van der Waals surface area contributed by atoms with Gasteiger partial charge in [0.25, 0.3) is 5.56 Å². The summed E-state index contributed by atoms with van der Waals surface area (Å²) in [5, 5.41) is 0. The summed E-state index contributed by atoms with van der Waals surface area (Å²) in [6, 6.07) is 0. The van der Waals surface area contributed by atoms with Crippen LogP contribution < -0.4 is 11.3 Å². The molecule has 102 valence electrons.